The van der Waals surface area contributed by atoms with Crippen molar-refractivity contribution in [3.8, 4) is 6.07 Å². The molecular weight excluding hydrogens is 216 g/mol. The molecule has 0 aromatic heterocycles. The first-order chi connectivity index (χ1) is 7.80. The fourth-order valence-corrected chi connectivity index (χ4v) is 2.16. The minimum absolute atomic E-state index is 0.0691. The summed E-state index contributed by atoms with van der Waals surface area (Å²) in [7, 11) is 0. The van der Waals surface area contributed by atoms with Crippen LogP contribution in [0.25, 0.3) is 0 Å². The van der Waals surface area contributed by atoms with Crippen molar-refractivity contribution in [2.45, 2.75) is 37.0 Å². The fraction of sp³-hybridized carbons (Fsp3) is 0.462. The molecule has 0 fully saturated rings. The number of hydrogen-bond donors (Lipinski definition) is 1. The van der Waals surface area contributed by atoms with Gasteiger partial charge in [0.15, 0.2) is 0 Å². The van der Waals surface area contributed by atoms with Crippen molar-refractivity contribution in [3.63, 3.8) is 0 Å². The van der Waals surface area contributed by atoms with Crippen LogP contribution in [-0.4, -0.2) is 11.8 Å². The van der Waals surface area contributed by atoms with Crippen LogP contribution >= 0.6 is 11.8 Å². The molecule has 1 unspecified atom stereocenters. The molecule has 86 valence electrons. The second kappa shape index (κ2) is 7.32. The van der Waals surface area contributed by atoms with Crippen molar-refractivity contribution < 1.29 is 0 Å². The zero-order valence-corrected chi connectivity index (χ0v) is 10.7. The number of nitrogens with one attached hydrogen (secondary N) is 1. The zero-order chi connectivity index (χ0) is 11.8. The van der Waals surface area contributed by atoms with Gasteiger partial charge in [-0.3, -0.25) is 0 Å². The van der Waals surface area contributed by atoms with Crippen molar-refractivity contribution in [1.82, 2.24) is 5.32 Å². The van der Waals surface area contributed by atoms with Crippen molar-refractivity contribution in [2.24, 2.45) is 0 Å². The van der Waals surface area contributed by atoms with Gasteiger partial charge in [-0.15, -0.1) is 11.8 Å². The molecule has 0 aliphatic rings. The Morgan fingerprint density at radius 3 is 2.50 bits per heavy atom. The Morgan fingerprint density at radius 2 is 2.00 bits per heavy atom. The van der Waals surface area contributed by atoms with Crippen molar-refractivity contribution in [1.29, 1.82) is 5.26 Å². The number of nitriles is 1. The SMILES string of the molecule is CCNCc1ccc(SC(C#N)CC)cc1. The van der Waals surface area contributed by atoms with Crippen LogP contribution in [0.1, 0.15) is 25.8 Å². The third kappa shape index (κ3) is 4.26. The van der Waals surface area contributed by atoms with Crippen LogP contribution in [-0.2, 0) is 6.54 Å². The molecule has 0 heterocycles. The maximum Gasteiger partial charge on any atom is 0.0961 e. The Morgan fingerprint density at radius 1 is 1.31 bits per heavy atom. The van der Waals surface area contributed by atoms with E-state index in [9.17, 15) is 0 Å². The topological polar surface area (TPSA) is 35.8 Å². The van der Waals surface area contributed by atoms with E-state index in [0.717, 1.165) is 19.5 Å². The van der Waals surface area contributed by atoms with E-state index in [1.165, 1.54) is 10.5 Å². The molecule has 0 aliphatic carbocycles. The number of thioether (sulfide) groups is 1. The van der Waals surface area contributed by atoms with Gasteiger partial charge in [0, 0.05) is 11.4 Å². The predicted molar refractivity (Wildman–Crippen MR) is 69.4 cm³/mol. The van der Waals surface area contributed by atoms with Gasteiger partial charge in [-0.25, -0.2) is 0 Å². The average Bonchev–Trinajstić information content (AvgIpc) is 2.35. The molecule has 1 aromatic rings. The highest BCUT2D eigenvalue weighted by molar-refractivity contribution is 8.00. The lowest BCUT2D eigenvalue weighted by Crippen LogP contribution is -2.11. The van der Waals surface area contributed by atoms with Gasteiger partial charge in [-0.2, -0.15) is 5.26 Å². The summed E-state index contributed by atoms with van der Waals surface area (Å²) in [6, 6.07) is 10.7. The standard InChI is InChI=1S/C13H18N2S/c1-3-12(9-14)16-13-7-5-11(6-8-13)10-15-4-2/h5-8,12,15H,3-4,10H2,1-2H3. The van der Waals surface area contributed by atoms with Crippen LogP contribution in [0.2, 0.25) is 0 Å². The van der Waals surface area contributed by atoms with Gasteiger partial charge >= 0.3 is 0 Å². The molecular formula is C13H18N2S. The van der Waals surface area contributed by atoms with Gasteiger partial charge in [0.2, 0.25) is 0 Å². The molecule has 0 amide bonds. The lowest BCUT2D eigenvalue weighted by Gasteiger charge is -2.07. The molecule has 0 bridgehead atoms. The minimum atomic E-state index is 0.0691. The Bertz CT molecular complexity index is 340. The van der Waals surface area contributed by atoms with E-state index in [0.29, 0.717) is 0 Å². The van der Waals surface area contributed by atoms with E-state index in [4.69, 9.17) is 5.26 Å². The number of nitrogens with zero attached hydrogens (tertiary/aromatic N) is 1. The molecule has 1 N–H and O–H groups in total. The molecule has 0 saturated heterocycles. The number of rotatable bonds is 6. The van der Waals surface area contributed by atoms with E-state index in [-0.39, 0.29) is 5.25 Å². The lowest BCUT2D eigenvalue weighted by atomic mass is 10.2. The van der Waals surface area contributed by atoms with Gasteiger partial charge in [0.1, 0.15) is 0 Å². The van der Waals surface area contributed by atoms with Crippen LogP contribution in [0.3, 0.4) is 0 Å². The van der Waals surface area contributed by atoms with Crippen molar-refractivity contribution >= 4 is 11.8 Å². The van der Waals surface area contributed by atoms with Crippen LogP contribution < -0.4 is 5.32 Å². The highest BCUT2D eigenvalue weighted by Gasteiger charge is 2.05. The maximum atomic E-state index is 8.88. The van der Waals surface area contributed by atoms with Gasteiger partial charge in [-0.1, -0.05) is 26.0 Å². The van der Waals surface area contributed by atoms with Crippen LogP contribution in [0.15, 0.2) is 29.2 Å². The van der Waals surface area contributed by atoms with Crippen LogP contribution in [0, 0.1) is 11.3 Å². The Labute approximate surface area is 102 Å². The summed E-state index contributed by atoms with van der Waals surface area (Å²) in [5, 5.41) is 12.2. The third-order valence-electron chi connectivity index (χ3n) is 2.30. The van der Waals surface area contributed by atoms with E-state index < -0.39 is 0 Å². The summed E-state index contributed by atoms with van der Waals surface area (Å²) >= 11 is 1.64. The second-order valence-electron chi connectivity index (χ2n) is 3.57. The Balaban J connectivity index is 2.54. The summed E-state index contributed by atoms with van der Waals surface area (Å²) in [6.07, 6.45) is 0.889. The second-order valence-corrected chi connectivity index (χ2v) is 4.84. The fourth-order valence-electron chi connectivity index (χ4n) is 1.32. The summed E-state index contributed by atoms with van der Waals surface area (Å²) in [5.74, 6) is 0. The highest BCUT2D eigenvalue weighted by Crippen LogP contribution is 2.24. The average molecular weight is 234 g/mol. The molecule has 3 heteroatoms. The Kier molecular flexibility index (Phi) is 5.99. The van der Waals surface area contributed by atoms with Gasteiger partial charge < -0.3 is 5.32 Å². The van der Waals surface area contributed by atoms with Gasteiger partial charge in [0.05, 0.1) is 11.3 Å². The summed E-state index contributed by atoms with van der Waals surface area (Å²) in [6.45, 7) is 6.04. The number of benzene rings is 1. The molecule has 0 spiro atoms. The molecule has 2 nitrogen and oxygen atoms in total. The lowest BCUT2D eigenvalue weighted by molar-refractivity contribution is 0.726. The molecule has 0 aliphatic heterocycles. The summed E-state index contributed by atoms with van der Waals surface area (Å²) < 4.78 is 0. The first kappa shape index (κ1) is 13.1. The van der Waals surface area contributed by atoms with E-state index in [1.807, 2.05) is 6.92 Å². The van der Waals surface area contributed by atoms with E-state index >= 15 is 0 Å². The van der Waals surface area contributed by atoms with Gasteiger partial charge in [0.25, 0.3) is 0 Å². The molecule has 0 saturated carbocycles. The van der Waals surface area contributed by atoms with E-state index in [2.05, 4.69) is 42.6 Å². The normalized spacial score (nSPS) is 12.1. The zero-order valence-electron chi connectivity index (χ0n) is 9.86. The Hall–Kier alpha value is -0.980. The smallest absolute Gasteiger partial charge is 0.0961 e. The molecule has 1 aromatic carbocycles. The molecule has 1 atom stereocenters. The van der Waals surface area contributed by atoms with Crippen molar-refractivity contribution in [3.05, 3.63) is 29.8 Å². The van der Waals surface area contributed by atoms with Crippen molar-refractivity contribution in [2.75, 3.05) is 6.54 Å². The van der Waals surface area contributed by atoms with Crippen LogP contribution in [0.4, 0.5) is 0 Å². The van der Waals surface area contributed by atoms with Gasteiger partial charge in [-0.05, 0) is 30.7 Å². The molecule has 16 heavy (non-hydrogen) atoms. The molecule has 1 rings (SSSR count). The predicted octanol–water partition coefficient (Wildman–Crippen LogP) is 3.19. The summed E-state index contributed by atoms with van der Waals surface area (Å²) in [4.78, 5) is 1.17. The van der Waals surface area contributed by atoms with Crippen LogP contribution in [0.5, 0.6) is 0 Å². The third-order valence-corrected chi connectivity index (χ3v) is 3.56. The number of hydrogen-bond acceptors (Lipinski definition) is 3. The minimum Gasteiger partial charge on any atom is -0.313 e. The van der Waals surface area contributed by atoms with E-state index in [1.54, 1.807) is 11.8 Å². The largest absolute Gasteiger partial charge is 0.313 e. The highest BCUT2D eigenvalue weighted by atomic mass is 32.2. The monoisotopic (exact) mass is 234 g/mol. The first-order valence-corrected chi connectivity index (χ1v) is 6.54. The molecule has 0 radical (unpaired) electrons. The first-order valence-electron chi connectivity index (χ1n) is 5.66. The summed E-state index contributed by atoms with van der Waals surface area (Å²) in [5.41, 5.74) is 1.29. The quantitative estimate of drug-likeness (QED) is 0.768. The maximum absolute atomic E-state index is 8.88.